The van der Waals surface area contributed by atoms with Gasteiger partial charge in [-0.05, 0) is 56.0 Å². The second-order valence-corrected chi connectivity index (χ2v) is 13.4. The fourth-order valence-corrected chi connectivity index (χ4v) is 6.40. The highest BCUT2D eigenvalue weighted by atomic mass is 35.5. The Morgan fingerprint density at radius 1 is 1.07 bits per heavy atom. The minimum Gasteiger partial charge on any atom is -0.495 e. The zero-order valence-corrected chi connectivity index (χ0v) is 27.8. The summed E-state index contributed by atoms with van der Waals surface area (Å²) in [5.74, 6) is -0.766. The van der Waals surface area contributed by atoms with E-state index in [4.69, 9.17) is 16.3 Å². The van der Waals surface area contributed by atoms with Crippen molar-refractivity contribution in [1.29, 1.82) is 0 Å². The van der Waals surface area contributed by atoms with Gasteiger partial charge in [-0.1, -0.05) is 68.3 Å². The summed E-state index contributed by atoms with van der Waals surface area (Å²) in [6, 6.07) is 14.4. The third-order valence-corrected chi connectivity index (χ3v) is 9.15. The second kappa shape index (κ2) is 15.2. The van der Waals surface area contributed by atoms with Gasteiger partial charge in [0.2, 0.25) is 11.8 Å². The molecule has 1 atom stereocenters. The van der Waals surface area contributed by atoms with E-state index in [0.29, 0.717) is 6.54 Å². The first-order valence-electron chi connectivity index (χ1n) is 14.4. The van der Waals surface area contributed by atoms with E-state index in [2.05, 4.69) is 5.32 Å². The molecule has 0 heterocycles. The maximum absolute atomic E-state index is 14.3. The largest absolute Gasteiger partial charge is 0.495 e. The quantitative estimate of drug-likeness (QED) is 0.174. The Morgan fingerprint density at radius 2 is 1.78 bits per heavy atom. The number of sulfonamides is 1. The molecule has 0 aliphatic rings. The van der Waals surface area contributed by atoms with Crippen LogP contribution in [0.3, 0.4) is 0 Å². The fourth-order valence-electron chi connectivity index (χ4n) is 4.79. The van der Waals surface area contributed by atoms with Crippen molar-refractivity contribution in [2.45, 2.75) is 58.5 Å². The lowest BCUT2D eigenvalue weighted by molar-refractivity contribution is -0.385. The number of nitrogens with zero attached hydrogens (tertiary/aromatic N) is 3. The number of ether oxygens (including phenoxy) is 1. The molecule has 3 rings (SSSR count). The molecule has 1 unspecified atom stereocenters. The summed E-state index contributed by atoms with van der Waals surface area (Å²) in [5.41, 5.74) is 1.53. The van der Waals surface area contributed by atoms with E-state index in [0.717, 1.165) is 21.5 Å². The molecule has 0 spiro atoms. The van der Waals surface area contributed by atoms with Crippen LogP contribution in [0.1, 0.15) is 43.9 Å². The molecule has 3 aromatic carbocycles. The molecule has 0 fully saturated rings. The van der Waals surface area contributed by atoms with Crippen molar-refractivity contribution in [1.82, 2.24) is 10.2 Å². The lowest BCUT2D eigenvalue weighted by atomic mass is 10.1. The van der Waals surface area contributed by atoms with E-state index in [-0.39, 0.29) is 46.8 Å². The zero-order chi connectivity index (χ0) is 33.5. The molecule has 3 aromatic rings. The molecule has 1 N–H and O–H groups in total. The number of benzene rings is 3. The van der Waals surface area contributed by atoms with Crippen LogP contribution in [0.2, 0.25) is 5.02 Å². The highest BCUT2D eigenvalue weighted by molar-refractivity contribution is 7.92. The zero-order valence-electron chi connectivity index (χ0n) is 26.2. The van der Waals surface area contributed by atoms with Crippen LogP contribution in [0.4, 0.5) is 11.4 Å². The van der Waals surface area contributed by atoms with E-state index in [1.165, 1.54) is 49.3 Å². The van der Waals surface area contributed by atoms with E-state index in [1.54, 1.807) is 6.92 Å². The summed E-state index contributed by atoms with van der Waals surface area (Å²) in [6.45, 7) is 8.76. The molecule has 242 valence electrons. The van der Waals surface area contributed by atoms with Crippen molar-refractivity contribution in [3.05, 3.63) is 92.5 Å². The number of halogens is 1. The lowest BCUT2D eigenvalue weighted by Gasteiger charge is -2.33. The highest BCUT2D eigenvalue weighted by Crippen LogP contribution is 2.36. The lowest BCUT2D eigenvalue weighted by Crippen LogP contribution is -2.52. The highest BCUT2D eigenvalue weighted by Gasteiger charge is 2.35. The van der Waals surface area contributed by atoms with Gasteiger partial charge in [0.05, 0.1) is 22.6 Å². The molecular weight excluding hydrogens is 620 g/mol. The summed E-state index contributed by atoms with van der Waals surface area (Å²) in [4.78, 5) is 39.7. The summed E-state index contributed by atoms with van der Waals surface area (Å²) in [6.07, 6.45) is 0.263. The first kappa shape index (κ1) is 35.3. The van der Waals surface area contributed by atoms with Crippen molar-refractivity contribution in [3.63, 3.8) is 0 Å². The molecule has 11 nitrogen and oxygen atoms in total. The third-order valence-electron chi connectivity index (χ3n) is 7.16. The molecule has 0 aliphatic heterocycles. The minimum absolute atomic E-state index is 0.0324. The van der Waals surface area contributed by atoms with Crippen LogP contribution in [0.15, 0.2) is 65.6 Å². The number of nitro groups is 1. The molecule has 13 heteroatoms. The number of hydrogen-bond acceptors (Lipinski definition) is 7. The smallest absolute Gasteiger partial charge is 0.273 e. The van der Waals surface area contributed by atoms with Gasteiger partial charge >= 0.3 is 0 Å². The molecule has 0 aliphatic carbocycles. The number of anilines is 1. The van der Waals surface area contributed by atoms with E-state index < -0.39 is 44.0 Å². The van der Waals surface area contributed by atoms with Crippen LogP contribution in [0.5, 0.6) is 5.75 Å². The van der Waals surface area contributed by atoms with Gasteiger partial charge in [0.15, 0.2) is 0 Å². The minimum atomic E-state index is -4.62. The first-order chi connectivity index (χ1) is 21.2. The topological polar surface area (TPSA) is 139 Å². The van der Waals surface area contributed by atoms with Gasteiger partial charge in [-0.2, -0.15) is 0 Å². The summed E-state index contributed by atoms with van der Waals surface area (Å²) < 4.78 is 34.8. The average molecular weight is 659 g/mol. The number of carbonyl (C=O) groups is 2. The molecular formula is C32H39ClN4O7S. The van der Waals surface area contributed by atoms with Gasteiger partial charge in [-0.3, -0.25) is 24.0 Å². The number of amides is 2. The Labute approximate surface area is 269 Å². The third kappa shape index (κ3) is 8.73. The first-order valence-corrected chi connectivity index (χ1v) is 16.2. The van der Waals surface area contributed by atoms with Crippen LogP contribution in [-0.2, 0) is 26.2 Å². The Kier molecular flexibility index (Phi) is 11.9. The average Bonchev–Trinajstić information content (AvgIpc) is 2.98. The van der Waals surface area contributed by atoms with Crippen molar-refractivity contribution >= 4 is 44.8 Å². The predicted molar refractivity (Wildman–Crippen MR) is 174 cm³/mol. The maximum Gasteiger partial charge on any atom is 0.273 e. The molecule has 0 aromatic heterocycles. The molecule has 0 saturated heterocycles. The van der Waals surface area contributed by atoms with Crippen LogP contribution >= 0.6 is 11.6 Å². The van der Waals surface area contributed by atoms with Crippen LogP contribution in [0, 0.1) is 29.9 Å². The summed E-state index contributed by atoms with van der Waals surface area (Å²) in [7, 11) is -3.28. The molecule has 0 radical (unpaired) electrons. The predicted octanol–water partition coefficient (Wildman–Crippen LogP) is 5.65. The van der Waals surface area contributed by atoms with E-state index in [9.17, 15) is 28.1 Å². The van der Waals surface area contributed by atoms with Crippen molar-refractivity contribution in [2.75, 3.05) is 24.5 Å². The van der Waals surface area contributed by atoms with Crippen molar-refractivity contribution < 1.29 is 27.7 Å². The number of aryl methyl sites for hydroxylation is 2. The van der Waals surface area contributed by atoms with Gasteiger partial charge in [0, 0.05) is 29.7 Å². The summed E-state index contributed by atoms with van der Waals surface area (Å²) in [5, 5.41) is 14.7. The number of rotatable bonds is 14. The Bertz CT molecular complexity index is 1660. The maximum atomic E-state index is 14.3. The Balaban J connectivity index is 2.18. The number of methoxy groups -OCH3 is 1. The monoisotopic (exact) mass is 658 g/mol. The van der Waals surface area contributed by atoms with E-state index >= 15 is 0 Å². The van der Waals surface area contributed by atoms with Crippen molar-refractivity contribution in [2.24, 2.45) is 5.92 Å². The molecule has 2 amide bonds. The van der Waals surface area contributed by atoms with Gasteiger partial charge in [0.25, 0.3) is 15.7 Å². The van der Waals surface area contributed by atoms with Crippen molar-refractivity contribution in [3.8, 4) is 5.75 Å². The van der Waals surface area contributed by atoms with Gasteiger partial charge in [-0.15, -0.1) is 0 Å². The van der Waals surface area contributed by atoms with Crippen LogP contribution < -0.4 is 14.4 Å². The molecule has 0 bridgehead atoms. The number of hydrogen-bond donors (Lipinski definition) is 1. The van der Waals surface area contributed by atoms with Gasteiger partial charge in [0.1, 0.15) is 18.3 Å². The summed E-state index contributed by atoms with van der Waals surface area (Å²) >= 11 is 6.28. The molecule has 45 heavy (non-hydrogen) atoms. The standard InChI is InChI=1S/C32H39ClN4O7S/c1-7-27(32(39)34-18-21(2)3)35(19-24-10-8-9-22(4)15-24)31(38)20-36(29-16-25(33)12-14-30(29)44-6)45(42,43)26-13-11-23(5)28(17-26)37(40)41/h8-17,21,27H,7,18-20H2,1-6H3,(H,34,39). The van der Waals surface area contributed by atoms with Gasteiger partial charge in [-0.25, -0.2) is 8.42 Å². The van der Waals surface area contributed by atoms with Crippen LogP contribution in [-0.4, -0.2) is 56.3 Å². The fraction of sp³-hybridized carbons (Fsp3) is 0.375. The van der Waals surface area contributed by atoms with Gasteiger partial charge < -0.3 is 15.0 Å². The van der Waals surface area contributed by atoms with E-state index in [1.807, 2.05) is 45.0 Å². The van der Waals surface area contributed by atoms with Crippen LogP contribution in [0.25, 0.3) is 0 Å². The second-order valence-electron chi connectivity index (χ2n) is 11.1. The Hall–Kier alpha value is -4.16. The Morgan fingerprint density at radius 3 is 2.38 bits per heavy atom. The normalized spacial score (nSPS) is 12.0. The number of nitro benzene ring substituents is 1. The molecule has 0 saturated carbocycles. The SMILES string of the molecule is CCC(C(=O)NCC(C)C)N(Cc1cccc(C)c1)C(=O)CN(c1cc(Cl)ccc1OC)S(=O)(=O)c1ccc(C)c([N+](=O)[O-])c1. The number of nitrogens with one attached hydrogen (secondary N) is 1. The number of carbonyl (C=O) groups excluding carboxylic acids is 2.